The predicted molar refractivity (Wildman–Crippen MR) is 65.2 cm³/mol. The topological polar surface area (TPSA) is 17.1 Å². The Morgan fingerprint density at radius 3 is 1.93 bits per heavy atom. The Morgan fingerprint density at radius 1 is 0.800 bits per heavy atom. The molecule has 0 aromatic heterocycles. The molecule has 2 aromatic carbocycles. The largest absolute Gasteiger partial charge is 0.322 e. The van der Waals surface area contributed by atoms with Gasteiger partial charge in [0.1, 0.15) is 7.80 Å². The van der Waals surface area contributed by atoms with E-state index in [2.05, 4.69) is 0 Å². The first-order valence-electron chi connectivity index (χ1n) is 4.98. The first-order valence-corrected chi connectivity index (χ1v) is 6.60. The molecular weight excluding hydrogens is 203 g/mol. The molecule has 0 saturated heterocycles. The van der Waals surface area contributed by atoms with Crippen LogP contribution in [0.15, 0.2) is 60.7 Å². The van der Waals surface area contributed by atoms with Crippen LogP contribution in [-0.2, 0) is 10.7 Å². The molecule has 0 radical (unpaired) electrons. The van der Waals surface area contributed by atoms with E-state index in [1.165, 1.54) is 0 Å². The SMILES string of the molecule is O=[PH](Cc1ccccc1)c1ccccc1. The van der Waals surface area contributed by atoms with E-state index in [9.17, 15) is 4.57 Å². The fraction of sp³-hybridized carbons (Fsp3) is 0.0769. The van der Waals surface area contributed by atoms with Crippen LogP contribution < -0.4 is 5.30 Å². The number of hydrogen-bond acceptors (Lipinski definition) is 1. The van der Waals surface area contributed by atoms with Crippen molar-refractivity contribution in [1.82, 2.24) is 0 Å². The normalized spacial score (nSPS) is 12.3. The number of hydrogen-bond donors (Lipinski definition) is 0. The van der Waals surface area contributed by atoms with Gasteiger partial charge in [0, 0.05) is 11.5 Å². The Labute approximate surface area is 90.6 Å². The quantitative estimate of drug-likeness (QED) is 0.720. The van der Waals surface area contributed by atoms with Crippen LogP contribution in [0.25, 0.3) is 0 Å². The summed E-state index contributed by atoms with van der Waals surface area (Å²) in [7, 11) is -1.67. The lowest BCUT2D eigenvalue weighted by molar-refractivity contribution is 0.592. The minimum Gasteiger partial charge on any atom is -0.322 e. The van der Waals surface area contributed by atoms with Crippen molar-refractivity contribution in [3.05, 3.63) is 66.2 Å². The third-order valence-corrected chi connectivity index (χ3v) is 4.01. The van der Waals surface area contributed by atoms with Gasteiger partial charge in [0.15, 0.2) is 0 Å². The lowest BCUT2D eigenvalue weighted by atomic mass is 10.2. The summed E-state index contributed by atoms with van der Waals surface area (Å²) in [6, 6.07) is 19.7. The number of rotatable bonds is 3. The highest BCUT2D eigenvalue weighted by molar-refractivity contribution is 7.52. The minimum absolute atomic E-state index is 0.662. The first-order chi connectivity index (χ1) is 7.36. The molecule has 0 spiro atoms. The lowest BCUT2D eigenvalue weighted by Crippen LogP contribution is -1.95. The molecule has 0 bridgehead atoms. The third kappa shape index (κ3) is 2.81. The second kappa shape index (κ2) is 4.95. The summed E-state index contributed by atoms with van der Waals surface area (Å²) in [5, 5.41) is 0.964. The van der Waals surface area contributed by atoms with Crippen LogP contribution in [0, 0.1) is 0 Å². The van der Waals surface area contributed by atoms with Crippen LogP contribution in [0.2, 0.25) is 0 Å². The van der Waals surface area contributed by atoms with Gasteiger partial charge in [0.25, 0.3) is 0 Å². The summed E-state index contributed by atoms with van der Waals surface area (Å²) < 4.78 is 12.0. The molecular formula is C13H13OP. The molecule has 2 rings (SSSR count). The second-order valence-corrected chi connectivity index (χ2v) is 5.23. The van der Waals surface area contributed by atoms with Crippen LogP contribution in [-0.4, -0.2) is 0 Å². The summed E-state index contributed by atoms with van der Waals surface area (Å²) in [6.45, 7) is 0. The van der Waals surface area contributed by atoms with E-state index in [0.29, 0.717) is 6.16 Å². The van der Waals surface area contributed by atoms with E-state index >= 15 is 0 Å². The van der Waals surface area contributed by atoms with Crippen LogP contribution in [0.4, 0.5) is 0 Å². The molecule has 2 heteroatoms. The second-order valence-electron chi connectivity index (χ2n) is 3.45. The maximum absolute atomic E-state index is 12.0. The van der Waals surface area contributed by atoms with Gasteiger partial charge in [-0.3, -0.25) is 0 Å². The third-order valence-electron chi connectivity index (χ3n) is 2.30. The average molecular weight is 216 g/mol. The van der Waals surface area contributed by atoms with Gasteiger partial charge in [-0.1, -0.05) is 60.7 Å². The van der Waals surface area contributed by atoms with Gasteiger partial charge in [0.2, 0.25) is 0 Å². The van der Waals surface area contributed by atoms with Gasteiger partial charge >= 0.3 is 0 Å². The molecule has 0 saturated carbocycles. The summed E-state index contributed by atoms with van der Waals surface area (Å²) in [5.41, 5.74) is 1.14. The predicted octanol–water partition coefficient (Wildman–Crippen LogP) is 3.07. The standard InChI is InChI=1S/C13H13OP/c14-15(13-9-5-2-6-10-13)11-12-7-3-1-4-8-12/h1-10,15H,11H2. The Hall–Kier alpha value is -1.33. The summed E-state index contributed by atoms with van der Waals surface area (Å²) in [4.78, 5) is 0. The highest BCUT2D eigenvalue weighted by Gasteiger charge is 2.03. The lowest BCUT2D eigenvalue weighted by Gasteiger charge is -2.01. The van der Waals surface area contributed by atoms with E-state index in [0.717, 1.165) is 10.9 Å². The van der Waals surface area contributed by atoms with Crippen LogP contribution in [0.1, 0.15) is 5.56 Å². The van der Waals surface area contributed by atoms with Crippen molar-refractivity contribution in [1.29, 1.82) is 0 Å². The van der Waals surface area contributed by atoms with Crippen LogP contribution in [0.5, 0.6) is 0 Å². The fourth-order valence-electron chi connectivity index (χ4n) is 1.51. The van der Waals surface area contributed by atoms with Crippen LogP contribution in [0.3, 0.4) is 0 Å². The van der Waals surface area contributed by atoms with Gasteiger partial charge in [-0.2, -0.15) is 0 Å². The number of benzene rings is 2. The molecule has 0 aliphatic rings. The van der Waals surface area contributed by atoms with Gasteiger partial charge in [0.05, 0.1) is 0 Å². The van der Waals surface area contributed by atoms with Crippen molar-refractivity contribution in [2.45, 2.75) is 6.16 Å². The van der Waals surface area contributed by atoms with Crippen molar-refractivity contribution < 1.29 is 4.57 Å². The molecule has 1 atom stereocenters. The van der Waals surface area contributed by atoms with Gasteiger partial charge < -0.3 is 4.57 Å². The molecule has 0 aliphatic carbocycles. The molecule has 0 heterocycles. The van der Waals surface area contributed by atoms with E-state index in [4.69, 9.17) is 0 Å². The van der Waals surface area contributed by atoms with Gasteiger partial charge in [-0.05, 0) is 5.56 Å². The van der Waals surface area contributed by atoms with E-state index in [1.807, 2.05) is 60.7 Å². The minimum atomic E-state index is -1.67. The molecule has 76 valence electrons. The molecule has 1 unspecified atom stereocenters. The summed E-state index contributed by atoms with van der Waals surface area (Å²) >= 11 is 0. The average Bonchev–Trinajstić information content (AvgIpc) is 2.31. The molecule has 0 amide bonds. The van der Waals surface area contributed by atoms with Crippen molar-refractivity contribution in [3.8, 4) is 0 Å². The maximum atomic E-state index is 12.0. The molecule has 1 nitrogen and oxygen atoms in total. The highest BCUT2D eigenvalue weighted by atomic mass is 31.1. The molecule has 2 aromatic rings. The Kier molecular flexibility index (Phi) is 3.37. The molecule has 0 fully saturated rings. The zero-order chi connectivity index (χ0) is 10.5. The summed E-state index contributed by atoms with van der Waals surface area (Å²) in [6.07, 6.45) is 0.662. The molecule has 0 aliphatic heterocycles. The smallest absolute Gasteiger partial charge is 0.108 e. The molecule has 0 N–H and O–H groups in total. The zero-order valence-electron chi connectivity index (χ0n) is 8.39. The van der Waals surface area contributed by atoms with Gasteiger partial charge in [-0.25, -0.2) is 0 Å². The monoisotopic (exact) mass is 216 g/mol. The van der Waals surface area contributed by atoms with Crippen molar-refractivity contribution in [2.75, 3.05) is 0 Å². The fourth-order valence-corrected chi connectivity index (χ4v) is 2.88. The zero-order valence-corrected chi connectivity index (χ0v) is 9.39. The van der Waals surface area contributed by atoms with Crippen LogP contribution >= 0.6 is 7.80 Å². The molecule has 15 heavy (non-hydrogen) atoms. The Balaban J connectivity index is 2.12. The van der Waals surface area contributed by atoms with E-state index in [1.54, 1.807) is 0 Å². The maximum Gasteiger partial charge on any atom is 0.108 e. The summed E-state index contributed by atoms with van der Waals surface area (Å²) in [5.74, 6) is 0. The first kappa shape index (κ1) is 10.2. The van der Waals surface area contributed by atoms with E-state index < -0.39 is 7.80 Å². The van der Waals surface area contributed by atoms with Crippen molar-refractivity contribution >= 4 is 13.1 Å². The van der Waals surface area contributed by atoms with Gasteiger partial charge in [-0.15, -0.1) is 0 Å². The van der Waals surface area contributed by atoms with Crippen molar-refractivity contribution in [3.63, 3.8) is 0 Å². The highest BCUT2D eigenvalue weighted by Crippen LogP contribution is 2.25. The Morgan fingerprint density at radius 2 is 1.33 bits per heavy atom. The van der Waals surface area contributed by atoms with E-state index in [-0.39, 0.29) is 0 Å². The van der Waals surface area contributed by atoms with Crippen molar-refractivity contribution in [2.24, 2.45) is 0 Å². The Bertz CT molecular complexity index is 437.